The molecule has 5 nitrogen and oxygen atoms in total. The van der Waals surface area contributed by atoms with E-state index in [1.165, 1.54) is 0 Å². The van der Waals surface area contributed by atoms with E-state index in [4.69, 9.17) is 5.11 Å². The molecule has 1 rings (SSSR count). The van der Waals surface area contributed by atoms with Gasteiger partial charge in [0.2, 0.25) is 0 Å². The predicted octanol–water partition coefficient (Wildman–Crippen LogP) is 0.988. The van der Waals surface area contributed by atoms with Crippen molar-refractivity contribution in [2.45, 2.75) is 13.3 Å². The number of nitrogens with two attached hydrogens (primary N) is 1. The highest BCUT2D eigenvalue weighted by molar-refractivity contribution is 5.71. The number of benzene rings is 1. The average molecular weight is 224 g/mol. The third kappa shape index (κ3) is 8.55. The summed E-state index contributed by atoms with van der Waals surface area (Å²) >= 11 is 0. The van der Waals surface area contributed by atoms with E-state index in [9.17, 15) is 9.59 Å². The van der Waals surface area contributed by atoms with E-state index < -0.39 is 12.0 Å². The van der Waals surface area contributed by atoms with Gasteiger partial charge >= 0.3 is 12.0 Å². The van der Waals surface area contributed by atoms with Crippen LogP contribution in [0.1, 0.15) is 12.5 Å². The molecule has 0 heterocycles. The number of carbonyl (C=O) groups excluding carboxylic acids is 1. The summed E-state index contributed by atoms with van der Waals surface area (Å²) in [5, 5.41) is 10.7. The van der Waals surface area contributed by atoms with Crippen LogP contribution in [-0.4, -0.2) is 23.7 Å². The Hall–Kier alpha value is -2.04. The largest absolute Gasteiger partial charge is 0.481 e. The standard InChI is InChI=1S/C8H8O2.C3H8N2O/c9-8(10)6-7-4-2-1-3-5-7;1-2-5-3(4)6/h1-5H,6H2,(H,9,10);2H2,1H3,(H3,4,5,6). The highest BCUT2D eigenvalue weighted by Gasteiger charge is 1.96. The Balaban J connectivity index is 0.000000325. The maximum absolute atomic E-state index is 10.2. The lowest BCUT2D eigenvalue weighted by Crippen LogP contribution is -2.28. The molecule has 0 saturated heterocycles. The van der Waals surface area contributed by atoms with Gasteiger partial charge in [0, 0.05) is 6.54 Å². The summed E-state index contributed by atoms with van der Waals surface area (Å²) in [6.45, 7) is 2.42. The van der Waals surface area contributed by atoms with Crippen molar-refractivity contribution in [1.29, 1.82) is 0 Å². The second-order valence-electron chi connectivity index (χ2n) is 2.95. The summed E-state index contributed by atoms with van der Waals surface area (Å²) in [7, 11) is 0. The van der Waals surface area contributed by atoms with Crippen LogP contribution in [0.15, 0.2) is 30.3 Å². The van der Waals surface area contributed by atoms with E-state index in [0.717, 1.165) is 5.56 Å². The summed E-state index contributed by atoms with van der Waals surface area (Å²) < 4.78 is 0. The average Bonchev–Trinajstić information content (AvgIpc) is 2.18. The van der Waals surface area contributed by atoms with Crippen LogP contribution in [0.5, 0.6) is 0 Å². The Bertz CT molecular complexity index is 325. The molecule has 0 atom stereocenters. The smallest absolute Gasteiger partial charge is 0.312 e. The fraction of sp³-hybridized carbons (Fsp3) is 0.273. The van der Waals surface area contributed by atoms with E-state index >= 15 is 0 Å². The van der Waals surface area contributed by atoms with Crippen molar-refractivity contribution in [3.8, 4) is 0 Å². The first-order valence-corrected chi connectivity index (χ1v) is 4.85. The molecule has 0 spiro atoms. The summed E-state index contributed by atoms with van der Waals surface area (Å²) in [5.41, 5.74) is 5.50. The van der Waals surface area contributed by atoms with E-state index in [-0.39, 0.29) is 6.42 Å². The summed E-state index contributed by atoms with van der Waals surface area (Å²) in [4.78, 5) is 19.9. The summed E-state index contributed by atoms with van der Waals surface area (Å²) in [6.07, 6.45) is 0.112. The zero-order valence-electron chi connectivity index (χ0n) is 9.14. The Morgan fingerprint density at radius 1 is 1.31 bits per heavy atom. The lowest BCUT2D eigenvalue weighted by atomic mass is 10.2. The molecule has 0 radical (unpaired) electrons. The molecular formula is C11H16N2O3. The second kappa shape index (κ2) is 8.28. The molecule has 0 unspecified atom stereocenters. The van der Waals surface area contributed by atoms with Crippen molar-refractivity contribution in [2.75, 3.05) is 6.54 Å². The van der Waals surface area contributed by atoms with Crippen molar-refractivity contribution >= 4 is 12.0 Å². The van der Waals surface area contributed by atoms with E-state index in [1.54, 1.807) is 12.1 Å². The van der Waals surface area contributed by atoms with Crippen LogP contribution >= 0.6 is 0 Å². The molecule has 1 aromatic rings. The number of nitrogens with one attached hydrogen (secondary N) is 1. The molecule has 4 N–H and O–H groups in total. The van der Waals surface area contributed by atoms with E-state index in [1.807, 2.05) is 25.1 Å². The number of aliphatic carboxylic acids is 1. The summed E-state index contributed by atoms with van der Waals surface area (Å²) in [6, 6.07) is 8.67. The topological polar surface area (TPSA) is 92.4 Å². The van der Waals surface area contributed by atoms with E-state index in [2.05, 4.69) is 11.1 Å². The van der Waals surface area contributed by atoms with Gasteiger partial charge in [0.15, 0.2) is 0 Å². The predicted molar refractivity (Wildman–Crippen MR) is 61.0 cm³/mol. The number of carbonyl (C=O) groups is 2. The highest BCUT2D eigenvalue weighted by Crippen LogP contribution is 1.98. The lowest BCUT2D eigenvalue weighted by Gasteiger charge is -1.92. The number of primary amides is 1. The Kier molecular flexibility index (Phi) is 7.23. The van der Waals surface area contributed by atoms with Crippen LogP contribution in [0.4, 0.5) is 4.79 Å². The quantitative estimate of drug-likeness (QED) is 0.714. The maximum Gasteiger partial charge on any atom is 0.312 e. The van der Waals surface area contributed by atoms with Crippen LogP contribution in [0.25, 0.3) is 0 Å². The Labute approximate surface area is 94.3 Å². The van der Waals surface area contributed by atoms with Gasteiger partial charge in [0.25, 0.3) is 0 Å². The first-order valence-electron chi connectivity index (χ1n) is 4.85. The zero-order valence-corrected chi connectivity index (χ0v) is 9.14. The highest BCUT2D eigenvalue weighted by atomic mass is 16.4. The van der Waals surface area contributed by atoms with Gasteiger partial charge in [-0.05, 0) is 12.5 Å². The number of hydrogen-bond donors (Lipinski definition) is 3. The van der Waals surface area contributed by atoms with Crippen molar-refractivity contribution in [3.63, 3.8) is 0 Å². The van der Waals surface area contributed by atoms with Gasteiger partial charge in [-0.15, -0.1) is 0 Å². The lowest BCUT2D eigenvalue weighted by molar-refractivity contribution is -0.136. The molecule has 0 saturated carbocycles. The molecular weight excluding hydrogens is 208 g/mol. The fourth-order valence-corrected chi connectivity index (χ4v) is 0.945. The molecule has 1 aromatic carbocycles. The number of carboxylic acids is 1. The van der Waals surface area contributed by atoms with Crippen molar-refractivity contribution in [2.24, 2.45) is 5.73 Å². The molecule has 0 aliphatic heterocycles. The first-order chi connectivity index (χ1) is 7.56. The second-order valence-corrected chi connectivity index (χ2v) is 2.95. The molecule has 2 amide bonds. The minimum Gasteiger partial charge on any atom is -0.481 e. The molecule has 0 aliphatic carbocycles. The summed E-state index contributed by atoms with van der Waals surface area (Å²) in [5.74, 6) is -0.786. The molecule has 0 bridgehead atoms. The molecule has 5 heteroatoms. The molecule has 16 heavy (non-hydrogen) atoms. The van der Waals surface area contributed by atoms with Gasteiger partial charge in [0.05, 0.1) is 6.42 Å². The molecule has 0 fully saturated rings. The molecule has 0 aromatic heterocycles. The van der Waals surface area contributed by atoms with Crippen molar-refractivity contribution in [1.82, 2.24) is 5.32 Å². The van der Waals surface area contributed by atoms with Gasteiger partial charge in [-0.3, -0.25) is 4.79 Å². The van der Waals surface area contributed by atoms with Gasteiger partial charge in [0.1, 0.15) is 0 Å². The van der Waals surface area contributed by atoms with Crippen LogP contribution in [0.3, 0.4) is 0 Å². The van der Waals surface area contributed by atoms with E-state index in [0.29, 0.717) is 6.54 Å². The van der Waals surface area contributed by atoms with Crippen molar-refractivity contribution < 1.29 is 14.7 Å². The zero-order chi connectivity index (χ0) is 12.4. The Morgan fingerprint density at radius 2 is 1.88 bits per heavy atom. The SMILES string of the molecule is CCNC(N)=O.O=C(O)Cc1ccccc1. The number of amides is 2. The maximum atomic E-state index is 10.2. The Morgan fingerprint density at radius 3 is 2.19 bits per heavy atom. The third-order valence-corrected chi connectivity index (χ3v) is 1.55. The minimum absolute atomic E-state index is 0.112. The monoisotopic (exact) mass is 224 g/mol. The number of rotatable bonds is 3. The first kappa shape index (κ1) is 14.0. The molecule has 0 aliphatic rings. The number of urea groups is 1. The van der Waals surface area contributed by atoms with Crippen LogP contribution in [0, 0.1) is 0 Å². The minimum atomic E-state index is -0.786. The van der Waals surface area contributed by atoms with Crippen LogP contribution in [-0.2, 0) is 11.2 Å². The van der Waals surface area contributed by atoms with Crippen molar-refractivity contribution in [3.05, 3.63) is 35.9 Å². The normalized spacial score (nSPS) is 8.56. The van der Waals surface area contributed by atoms with Crippen LogP contribution < -0.4 is 11.1 Å². The van der Waals surface area contributed by atoms with Gasteiger partial charge in [-0.25, -0.2) is 4.79 Å². The fourth-order valence-electron chi connectivity index (χ4n) is 0.945. The number of carboxylic acid groups (broad SMARTS) is 1. The molecule has 88 valence electrons. The van der Waals surface area contributed by atoms with Crippen LogP contribution in [0.2, 0.25) is 0 Å². The third-order valence-electron chi connectivity index (χ3n) is 1.55. The van der Waals surface area contributed by atoms with Gasteiger partial charge in [-0.1, -0.05) is 30.3 Å². The van der Waals surface area contributed by atoms with Gasteiger partial charge < -0.3 is 16.2 Å². The van der Waals surface area contributed by atoms with Gasteiger partial charge in [-0.2, -0.15) is 0 Å². The number of hydrogen-bond acceptors (Lipinski definition) is 2.